The highest BCUT2D eigenvalue weighted by Gasteiger charge is 1.97. The molecule has 1 atom stereocenters. The van der Waals surface area contributed by atoms with E-state index in [1.54, 1.807) is 6.92 Å². The number of hydrogen-bond donors (Lipinski definition) is 2. The monoisotopic (exact) mass is 187 g/mol. The van der Waals surface area contributed by atoms with Gasteiger partial charge in [-0.25, -0.2) is 0 Å². The summed E-state index contributed by atoms with van der Waals surface area (Å²) in [5.41, 5.74) is 0. The number of carbonyl (C=O) groups excluding carboxylic acids is 1. The standard InChI is InChI=1S/C10H21NO2/c1-3-10(13)11-8-6-4-5-7-9(2)12/h9,12H,3-8H2,1-2H3,(H,11,13). The summed E-state index contributed by atoms with van der Waals surface area (Å²) in [7, 11) is 0. The lowest BCUT2D eigenvalue weighted by molar-refractivity contribution is -0.120. The highest BCUT2D eigenvalue weighted by atomic mass is 16.3. The molecule has 3 heteroatoms. The Balaban J connectivity index is 3.04. The molecule has 78 valence electrons. The lowest BCUT2D eigenvalue weighted by Crippen LogP contribution is -2.23. The van der Waals surface area contributed by atoms with Gasteiger partial charge in [-0.2, -0.15) is 0 Å². The first-order chi connectivity index (χ1) is 6.16. The molecule has 0 aromatic carbocycles. The van der Waals surface area contributed by atoms with Crippen LogP contribution in [0.15, 0.2) is 0 Å². The van der Waals surface area contributed by atoms with Crippen molar-refractivity contribution in [2.75, 3.05) is 6.54 Å². The Labute approximate surface area is 80.5 Å². The zero-order valence-electron chi connectivity index (χ0n) is 8.68. The molecule has 0 aromatic heterocycles. The quantitative estimate of drug-likeness (QED) is 0.593. The van der Waals surface area contributed by atoms with Gasteiger partial charge in [-0.05, 0) is 19.8 Å². The van der Waals surface area contributed by atoms with Crippen molar-refractivity contribution in [2.24, 2.45) is 0 Å². The van der Waals surface area contributed by atoms with Crippen LogP contribution in [0.2, 0.25) is 0 Å². The van der Waals surface area contributed by atoms with Crippen molar-refractivity contribution in [1.82, 2.24) is 5.32 Å². The molecule has 0 saturated carbocycles. The van der Waals surface area contributed by atoms with E-state index in [2.05, 4.69) is 5.32 Å². The maximum atomic E-state index is 10.8. The summed E-state index contributed by atoms with van der Waals surface area (Å²) in [6, 6.07) is 0. The Bertz CT molecular complexity index is 135. The molecule has 0 heterocycles. The van der Waals surface area contributed by atoms with E-state index in [-0.39, 0.29) is 12.0 Å². The van der Waals surface area contributed by atoms with Gasteiger partial charge in [0.15, 0.2) is 0 Å². The molecule has 0 radical (unpaired) electrons. The van der Waals surface area contributed by atoms with Crippen molar-refractivity contribution in [2.45, 2.75) is 52.1 Å². The molecule has 0 fully saturated rings. The third kappa shape index (κ3) is 9.34. The summed E-state index contributed by atoms with van der Waals surface area (Å²) in [6.45, 7) is 4.42. The van der Waals surface area contributed by atoms with Crippen LogP contribution in [0.3, 0.4) is 0 Å². The van der Waals surface area contributed by atoms with E-state index >= 15 is 0 Å². The Morgan fingerprint density at radius 3 is 2.62 bits per heavy atom. The highest BCUT2D eigenvalue weighted by molar-refractivity contribution is 5.75. The van der Waals surface area contributed by atoms with Crippen LogP contribution in [0, 0.1) is 0 Å². The van der Waals surface area contributed by atoms with Crippen molar-refractivity contribution < 1.29 is 9.90 Å². The lowest BCUT2D eigenvalue weighted by atomic mass is 10.1. The minimum Gasteiger partial charge on any atom is -0.393 e. The van der Waals surface area contributed by atoms with Gasteiger partial charge in [-0.15, -0.1) is 0 Å². The highest BCUT2D eigenvalue weighted by Crippen LogP contribution is 2.02. The number of aliphatic hydroxyl groups excluding tert-OH is 1. The van der Waals surface area contributed by atoms with E-state index in [9.17, 15) is 4.79 Å². The summed E-state index contributed by atoms with van der Waals surface area (Å²) in [4.78, 5) is 10.8. The Morgan fingerprint density at radius 2 is 2.08 bits per heavy atom. The van der Waals surface area contributed by atoms with Gasteiger partial charge in [0.25, 0.3) is 0 Å². The predicted octanol–water partition coefficient (Wildman–Crippen LogP) is 1.45. The molecule has 0 aliphatic carbocycles. The van der Waals surface area contributed by atoms with E-state index < -0.39 is 0 Å². The molecule has 13 heavy (non-hydrogen) atoms. The zero-order valence-corrected chi connectivity index (χ0v) is 8.68. The molecule has 1 unspecified atom stereocenters. The first kappa shape index (κ1) is 12.4. The number of carbonyl (C=O) groups is 1. The lowest BCUT2D eigenvalue weighted by Gasteiger charge is -2.04. The molecular formula is C10H21NO2. The summed E-state index contributed by atoms with van der Waals surface area (Å²) in [6.07, 6.45) is 4.37. The fourth-order valence-corrected chi connectivity index (χ4v) is 1.09. The second kappa shape index (κ2) is 8.05. The average molecular weight is 187 g/mol. The zero-order chi connectivity index (χ0) is 10.1. The maximum Gasteiger partial charge on any atom is 0.219 e. The third-order valence-corrected chi connectivity index (χ3v) is 1.94. The van der Waals surface area contributed by atoms with Crippen LogP contribution >= 0.6 is 0 Å². The van der Waals surface area contributed by atoms with Crippen molar-refractivity contribution >= 4 is 5.91 Å². The summed E-state index contributed by atoms with van der Waals surface area (Å²) < 4.78 is 0. The van der Waals surface area contributed by atoms with Crippen LogP contribution in [0.5, 0.6) is 0 Å². The van der Waals surface area contributed by atoms with Crippen LogP contribution in [0.25, 0.3) is 0 Å². The fourth-order valence-electron chi connectivity index (χ4n) is 1.09. The smallest absolute Gasteiger partial charge is 0.219 e. The van der Waals surface area contributed by atoms with E-state index in [0.29, 0.717) is 6.42 Å². The molecule has 0 rings (SSSR count). The van der Waals surface area contributed by atoms with Gasteiger partial charge in [-0.1, -0.05) is 19.8 Å². The van der Waals surface area contributed by atoms with Crippen molar-refractivity contribution in [3.05, 3.63) is 0 Å². The van der Waals surface area contributed by atoms with E-state index in [4.69, 9.17) is 5.11 Å². The van der Waals surface area contributed by atoms with Crippen LogP contribution in [0.1, 0.15) is 46.0 Å². The minimum absolute atomic E-state index is 0.121. The molecule has 0 spiro atoms. The van der Waals surface area contributed by atoms with Gasteiger partial charge in [0.05, 0.1) is 6.10 Å². The van der Waals surface area contributed by atoms with Gasteiger partial charge < -0.3 is 10.4 Å². The normalized spacial score (nSPS) is 12.5. The fraction of sp³-hybridized carbons (Fsp3) is 0.900. The van der Waals surface area contributed by atoms with Gasteiger partial charge in [0.1, 0.15) is 0 Å². The molecular weight excluding hydrogens is 166 g/mol. The number of aliphatic hydroxyl groups is 1. The minimum atomic E-state index is -0.190. The van der Waals surface area contributed by atoms with Gasteiger partial charge in [0, 0.05) is 13.0 Å². The Kier molecular flexibility index (Phi) is 7.69. The van der Waals surface area contributed by atoms with E-state index in [1.165, 1.54) is 0 Å². The summed E-state index contributed by atoms with van der Waals surface area (Å²) in [5, 5.41) is 11.8. The Hall–Kier alpha value is -0.570. The summed E-state index contributed by atoms with van der Waals surface area (Å²) in [5.74, 6) is 0.121. The number of rotatable bonds is 7. The molecule has 0 bridgehead atoms. The molecule has 0 aliphatic heterocycles. The first-order valence-corrected chi connectivity index (χ1v) is 5.11. The third-order valence-electron chi connectivity index (χ3n) is 1.94. The van der Waals surface area contributed by atoms with Crippen LogP contribution < -0.4 is 5.32 Å². The van der Waals surface area contributed by atoms with Crippen molar-refractivity contribution in [1.29, 1.82) is 0 Å². The second-order valence-electron chi connectivity index (χ2n) is 3.40. The van der Waals surface area contributed by atoms with Gasteiger partial charge in [-0.3, -0.25) is 4.79 Å². The van der Waals surface area contributed by atoms with E-state index in [1.807, 2.05) is 6.92 Å². The van der Waals surface area contributed by atoms with Crippen LogP contribution in [-0.4, -0.2) is 23.7 Å². The molecule has 0 aromatic rings. The van der Waals surface area contributed by atoms with E-state index in [0.717, 1.165) is 32.2 Å². The second-order valence-corrected chi connectivity index (χ2v) is 3.40. The molecule has 0 aliphatic rings. The number of nitrogens with one attached hydrogen (secondary N) is 1. The molecule has 3 nitrogen and oxygen atoms in total. The number of hydrogen-bond acceptors (Lipinski definition) is 2. The topological polar surface area (TPSA) is 49.3 Å². The Morgan fingerprint density at radius 1 is 1.38 bits per heavy atom. The molecule has 1 amide bonds. The van der Waals surface area contributed by atoms with Crippen LogP contribution in [-0.2, 0) is 4.79 Å². The van der Waals surface area contributed by atoms with Crippen molar-refractivity contribution in [3.63, 3.8) is 0 Å². The maximum absolute atomic E-state index is 10.8. The van der Waals surface area contributed by atoms with Gasteiger partial charge >= 0.3 is 0 Å². The largest absolute Gasteiger partial charge is 0.393 e. The number of unbranched alkanes of at least 4 members (excludes halogenated alkanes) is 2. The van der Waals surface area contributed by atoms with Crippen molar-refractivity contribution in [3.8, 4) is 0 Å². The summed E-state index contributed by atoms with van der Waals surface area (Å²) >= 11 is 0. The van der Waals surface area contributed by atoms with Gasteiger partial charge in [0.2, 0.25) is 5.91 Å². The average Bonchev–Trinajstić information content (AvgIpc) is 2.10. The molecule has 2 N–H and O–H groups in total. The molecule has 0 saturated heterocycles. The predicted molar refractivity (Wildman–Crippen MR) is 53.4 cm³/mol. The first-order valence-electron chi connectivity index (χ1n) is 5.11. The van der Waals surface area contributed by atoms with Crippen LogP contribution in [0.4, 0.5) is 0 Å². The SMILES string of the molecule is CCC(=O)NCCCCCC(C)O. The number of amides is 1.